The zero-order chi connectivity index (χ0) is 39.6. The van der Waals surface area contributed by atoms with Gasteiger partial charge in [-0.05, 0) is 120 Å². The lowest BCUT2D eigenvalue weighted by Gasteiger charge is -2.28. The minimum Gasteiger partial charge on any atom is -0.455 e. The van der Waals surface area contributed by atoms with E-state index in [9.17, 15) is 0 Å². The Labute approximate surface area is 347 Å². The van der Waals surface area contributed by atoms with Crippen molar-refractivity contribution in [1.29, 1.82) is 0 Å². The second-order valence-corrected chi connectivity index (χ2v) is 15.6. The van der Waals surface area contributed by atoms with Crippen LogP contribution in [0.5, 0.6) is 0 Å². The Morgan fingerprint density at radius 3 is 1.63 bits per heavy atom. The van der Waals surface area contributed by atoms with E-state index in [-0.39, 0.29) is 0 Å². The molecule has 0 saturated heterocycles. The van der Waals surface area contributed by atoms with Crippen LogP contribution in [0.15, 0.2) is 229 Å². The molecule has 0 aliphatic rings. The van der Waals surface area contributed by atoms with Crippen molar-refractivity contribution in [3.8, 4) is 33.4 Å². The molecule has 1 aromatic heterocycles. The van der Waals surface area contributed by atoms with E-state index in [4.69, 9.17) is 4.42 Å². The summed E-state index contributed by atoms with van der Waals surface area (Å²) in [7, 11) is 0. The first-order chi connectivity index (χ1) is 29.8. The molecular weight excluding hydrogens is 727 g/mol. The summed E-state index contributed by atoms with van der Waals surface area (Å²) in [5.74, 6) is 0. The minimum atomic E-state index is 0.861. The van der Waals surface area contributed by atoms with Gasteiger partial charge in [-0.3, -0.25) is 0 Å². The van der Waals surface area contributed by atoms with Gasteiger partial charge in [0.2, 0.25) is 0 Å². The fraction of sp³-hybridized carbons (Fsp3) is 0. The van der Waals surface area contributed by atoms with Crippen molar-refractivity contribution < 1.29 is 4.42 Å². The van der Waals surface area contributed by atoms with Gasteiger partial charge in [0.1, 0.15) is 11.2 Å². The highest BCUT2D eigenvalue weighted by atomic mass is 16.3. The van der Waals surface area contributed by atoms with Crippen molar-refractivity contribution in [3.05, 3.63) is 224 Å². The van der Waals surface area contributed by atoms with Crippen LogP contribution in [0.2, 0.25) is 0 Å². The quantitative estimate of drug-likeness (QED) is 0.157. The van der Waals surface area contributed by atoms with E-state index in [0.29, 0.717) is 0 Å². The molecule has 2 nitrogen and oxygen atoms in total. The summed E-state index contributed by atoms with van der Waals surface area (Å²) in [6.45, 7) is 0. The molecule has 0 aliphatic carbocycles. The Morgan fingerprint density at radius 2 is 0.867 bits per heavy atom. The number of rotatable bonds is 6. The average Bonchev–Trinajstić information content (AvgIpc) is 3.72. The van der Waals surface area contributed by atoms with E-state index in [1.54, 1.807) is 0 Å². The number of benzene rings is 11. The largest absolute Gasteiger partial charge is 0.455 e. The van der Waals surface area contributed by atoms with Gasteiger partial charge in [-0.1, -0.05) is 176 Å². The Kier molecular flexibility index (Phi) is 7.89. The summed E-state index contributed by atoms with van der Waals surface area (Å²) in [5, 5.41) is 11.8. The third kappa shape index (κ3) is 5.50. The van der Waals surface area contributed by atoms with E-state index < -0.39 is 0 Å². The number of nitrogens with zero attached hydrogens (tertiary/aromatic N) is 1. The summed E-state index contributed by atoms with van der Waals surface area (Å²) in [6.07, 6.45) is 0. The third-order valence-electron chi connectivity index (χ3n) is 12.2. The van der Waals surface area contributed by atoms with E-state index >= 15 is 0 Å². The van der Waals surface area contributed by atoms with Crippen LogP contribution < -0.4 is 4.90 Å². The number of hydrogen-bond acceptors (Lipinski definition) is 2. The monoisotopic (exact) mass is 763 g/mol. The number of furan rings is 1. The second-order valence-electron chi connectivity index (χ2n) is 15.6. The molecule has 1 heterocycles. The molecule has 2 heteroatoms. The predicted molar refractivity (Wildman–Crippen MR) is 255 cm³/mol. The maximum absolute atomic E-state index is 6.77. The van der Waals surface area contributed by atoms with Crippen LogP contribution in [0.25, 0.3) is 98.4 Å². The fourth-order valence-corrected chi connectivity index (χ4v) is 9.45. The molecule has 12 rings (SSSR count). The lowest BCUT2D eigenvalue weighted by molar-refractivity contribution is 0.672. The van der Waals surface area contributed by atoms with Gasteiger partial charge >= 0.3 is 0 Å². The Balaban J connectivity index is 1.14. The molecular formula is C58H37NO. The molecule has 0 spiro atoms. The molecule has 0 atom stereocenters. The molecule has 0 unspecified atom stereocenters. The van der Waals surface area contributed by atoms with E-state index in [1.165, 1.54) is 65.7 Å². The minimum absolute atomic E-state index is 0.861. The van der Waals surface area contributed by atoms with Crippen LogP contribution in [-0.4, -0.2) is 0 Å². The van der Waals surface area contributed by atoms with Gasteiger partial charge in [0, 0.05) is 22.1 Å². The summed E-state index contributed by atoms with van der Waals surface area (Å²) in [5.41, 5.74) is 12.2. The van der Waals surface area contributed by atoms with Gasteiger partial charge in [0.25, 0.3) is 0 Å². The summed E-state index contributed by atoms with van der Waals surface area (Å²) < 4.78 is 6.77. The van der Waals surface area contributed by atoms with Crippen LogP contribution in [0.4, 0.5) is 17.1 Å². The van der Waals surface area contributed by atoms with Crippen LogP contribution in [0.3, 0.4) is 0 Å². The zero-order valence-electron chi connectivity index (χ0n) is 32.7. The highest BCUT2D eigenvalue weighted by Gasteiger charge is 2.23. The molecule has 12 aromatic rings. The third-order valence-corrected chi connectivity index (χ3v) is 12.2. The Bertz CT molecular complexity index is 3590. The molecule has 0 fully saturated rings. The average molecular weight is 764 g/mol. The standard InChI is InChI=1S/C58H37NO/c1-3-16-41(17-4-1)55-50-23-12-11-22-48(50)49-35-33-46(37-52(49)56(55)42-18-5-2-6-19-42)59(45-31-28-39(29-32-45)44-27-26-38-14-7-8-20-43(38)36-44)53-24-13-25-54-57(53)51-34-30-40-15-9-10-21-47(40)58(51)60-54/h1-37H. The van der Waals surface area contributed by atoms with E-state index in [2.05, 4.69) is 229 Å². The molecule has 0 aliphatic heterocycles. The van der Waals surface area contributed by atoms with Crippen LogP contribution >= 0.6 is 0 Å². The summed E-state index contributed by atoms with van der Waals surface area (Å²) >= 11 is 0. The van der Waals surface area contributed by atoms with Gasteiger partial charge < -0.3 is 9.32 Å². The lowest BCUT2D eigenvalue weighted by Crippen LogP contribution is -2.10. The first kappa shape index (κ1) is 34.1. The Morgan fingerprint density at radius 1 is 0.300 bits per heavy atom. The Hall–Kier alpha value is -7.94. The first-order valence-corrected chi connectivity index (χ1v) is 20.6. The van der Waals surface area contributed by atoms with Gasteiger partial charge in [-0.15, -0.1) is 0 Å². The molecule has 0 amide bonds. The zero-order valence-corrected chi connectivity index (χ0v) is 32.7. The number of fused-ring (bicyclic) bond motifs is 9. The maximum Gasteiger partial charge on any atom is 0.143 e. The van der Waals surface area contributed by atoms with E-state index in [1.807, 2.05) is 0 Å². The molecule has 0 N–H and O–H groups in total. The predicted octanol–water partition coefficient (Wildman–Crippen LogP) is 16.7. The van der Waals surface area contributed by atoms with Gasteiger partial charge in [0.15, 0.2) is 0 Å². The van der Waals surface area contributed by atoms with Crippen molar-refractivity contribution in [2.24, 2.45) is 0 Å². The van der Waals surface area contributed by atoms with Crippen molar-refractivity contribution >= 4 is 82.1 Å². The van der Waals surface area contributed by atoms with Crippen molar-refractivity contribution in [3.63, 3.8) is 0 Å². The van der Waals surface area contributed by atoms with Crippen molar-refractivity contribution in [1.82, 2.24) is 0 Å². The number of anilines is 3. The molecule has 60 heavy (non-hydrogen) atoms. The van der Waals surface area contributed by atoms with Gasteiger partial charge in [0.05, 0.1) is 11.1 Å². The smallest absolute Gasteiger partial charge is 0.143 e. The first-order valence-electron chi connectivity index (χ1n) is 20.6. The van der Waals surface area contributed by atoms with Crippen LogP contribution in [0.1, 0.15) is 0 Å². The molecule has 0 saturated carbocycles. The lowest BCUT2D eigenvalue weighted by atomic mass is 9.85. The van der Waals surface area contributed by atoms with Crippen LogP contribution in [0, 0.1) is 0 Å². The maximum atomic E-state index is 6.77. The molecule has 0 radical (unpaired) electrons. The van der Waals surface area contributed by atoms with Crippen molar-refractivity contribution in [2.45, 2.75) is 0 Å². The van der Waals surface area contributed by atoms with Crippen molar-refractivity contribution in [2.75, 3.05) is 4.90 Å². The normalized spacial score (nSPS) is 11.7. The SMILES string of the molecule is c1ccc(-c2c(-c3ccccc3)c3cc(N(c4ccc(-c5ccc6ccccc6c5)cc4)c4cccc5oc6c7ccccc7ccc6c45)ccc3c3ccccc23)cc1. The fourth-order valence-electron chi connectivity index (χ4n) is 9.45. The highest BCUT2D eigenvalue weighted by molar-refractivity contribution is 6.23. The second kappa shape index (κ2) is 13.9. The molecule has 11 aromatic carbocycles. The summed E-state index contributed by atoms with van der Waals surface area (Å²) in [4.78, 5) is 2.42. The molecule has 0 bridgehead atoms. The van der Waals surface area contributed by atoms with Gasteiger partial charge in [-0.25, -0.2) is 0 Å². The topological polar surface area (TPSA) is 16.4 Å². The highest BCUT2D eigenvalue weighted by Crippen LogP contribution is 2.49. The van der Waals surface area contributed by atoms with Gasteiger partial charge in [-0.2, -0.15) is 0 Å². The van der Waals surface area contributed by atoms with E-state index in [0.717, 1.165) is 49.8 Å². The summed E-state index contributed by atoms with van der Waals surface area (Å²) in [6, 6.07) is 81.3. The number of hydrogen-bond donors (Lipinski definition) is 0. The van der Waals surface area contributed by atoms with Crippen LogP contribution in [-0.2, 0) is 0 Å². The molecule has 280 valence electrons.